The predicted octanol–water partition coefficient (Wildman–Crippen LogP) is 2.65. The molecule has 2 amide bonds. The van der Waals surface area contributed by atoms with Gasteiger partial charge >= 0.3 is 11.9 Å². The zero-order valence-electron chi connectivity index (χ0n) is 18.0. The molecule has 4 N–H and O–H groups in total. The summed E-state index contributed by atoms with van der Waals surface area (Å²) in [4.78, 5) is 49.9. The molecule has 0 radical (unpaired) electrons. The van der Waals surface area contributed by atoms with Crippen LogP contribution in [0, 0.1) is 48.4 Å². The van der Waals surface area contributed by atoms with Gasteiger partial charge in [-0.2, -0.15) is 0 Å². The number of carboxylic acid groups (broad SMARTS) is 2. The molecule has 0 heterocycles. The first-order valence-corrected chi connectivity index (χ1v) is 10.4. The van der Waals surface area contributed by atoms with Crippen LogP contribution >= 0.6 is 0 Å². The highest BCUT2D eigenvalue weighted by Crippen LogP contribution is 2.40. The van der Waals surface area contributed by atoms with E-state index in [4.69, 9.17) is 12.8 Å². The van der Waals surface area contributed by atoms with Gasteiger partial charge in [0.25, 0.3) is 0 Å². The predicted molar refractivity (Wildman–Crippen MR) is 124 cm³/mol. The first-order chi connectivity index (χ1) is 16.2. The molecule has 0 aromatic heterocycles. The van der Waals surface area contributed by atoms with E-state index in [1.807, 2.05) is 0 Å². The number of benzene rings is 2. The molecule has 0 aliphatic heterocycles. The number of rotatable bonds is 6. The van der Waals surface area contributed by atoms with Crippen LogP contribution in [0.5, 0.6) is 0 Å². The summed E-state index contributed by atoms with van der Waals surface area (Å²) in [7, 11) is 0. The zero-order chi connectivity index (χ0) is 24.8. The Hall–Kier alpha value is -4.56. The van der Waals surface area contributed by atoms with E-state index in [9.17, 15) is 29.4 Å². The summed E-state index contributed by atoms with van der Waals surface area (Å²) in [5, 5.41) is 24.7. The molecule has 4 atom stereocenters. The lowest BCUT2D eigenvalue weighted by molar-refractivity contribution is -0.157. The molecule has 0 spiro atoms. The van der Waals surface area contributed by atoms with Gasteiger partial charge in [0.1, 0.15) is 0 Å². The molecule has 1 saturated carbocycles. The molecular formula is C26H22N2O6. The number of terminal acetylenes is 2. The Kier molecular flexibility index (Phi) is 7.35. The maximum atomic E-state index is 13.0. The zero-order valence-corrected chi connectivity index (χ0v) is 18.0. The molecule has 34 heavy (non-hydrogen) atoms. The number of aliphatic carboxylic acids is 2. The SMILES string of the molecule is C#Cc1cccc(NC(=O)C2CC(C(=O)Nc3cccc(C#C)c3)C(C(=O)O)CC2C(=O)O)c1. The minimum Gasteiger partial charge on any atom is -0.481 e. The molecule has 4 unspecified atom stereocenters. The van der Waals surface area contributed by atoms with Crippen molar-refractivity contribution in [2.24, 2.45) is 23.7 Å². The Morgan fingerprint density at radius 2 is 1.09 bits per heavy atom. The average Bonchev–Trinajstić information content (AvgIpc) is 2.83. The van der Waals surface area contributed by atoms with Crippen molar-refractivity contribution >= 4 is 35.1 Å². The largest absolute Gasteiger partial charge is 0.481 e. The lowest BCUT2D eigenvalue weighted by Gasteiger charge is -2.36. The molecule has 172 valence electrons. The topological polar surface area (TPSA) is 133 Å². The van der Waals surface area contributed by atoms with Gasteiger partial charge in [-0.3, -0.25) is 19.2 Å². The number of hydrogen-bond donors (Lipinski definition) is 4. The summed E-state index contributed by atoms with van der Waals surface area (Å²) in [6.07, 6.45) is 10.1. The summed E-state index contributed by atoms with van der Waals surface area (Å²) in [6, 6.07) is 12.9. The number of carbonyl (C=O) groups excluding carboxylic acids is 2. The highest BCUT2D eigenvalue weighted by atomic mass is 16.4. The fourth-order valence-corrected chi connectivity index (χ4v) is 4.17. The Morgan fingerprint density at radius 1 is 0.706 bits per heavy atom. The summed E-state index contributed by atoms with van der Waals surface area (Å²) in [5.74, 6) is -3.78. The summed E-state index contributed by atoms with van der Waals surface area (Å²) >= 11 is 0. The normalized spacial score (nSPS) is 21.4. The van der Waals surface area contributed by atoms with Crippen LogP contribution in [0.3, 0.4) is 0 Å². The number of amides is 2. The smallest absolute Gasteiger partial charge is 0.307 e. The van der Waals surface area contributed by atoms with Crippen molar-refractivity contribution < 1.29 is 29.4 Å². The first-order valence-electron chi connectivity index (χ1n) is 10.4. The maximum Gasteiger partial charge on any atom is 0.307 e. The molecule has 2 aromatic carbocycles. The quantitative estimate of drug-likeness (QED) is 0.492. The molecule has 2 aromatic rings. The Bertz CT molecular complexity index is 1130. The summed E-state index contributed by atoms with van der Waals surface area (Å²) in [5.41, 5.74) is 1.79. The van der Waals surface area contributed by atoms with E-state index < -0.39 is 47.4 Å². The van der Waals surface area contributed by atoms with Gasteiger partial charge in [-0.1, -0.05) is 24.0 Å². The lowest BCUT2D eigenvalue weighted by atomic mass is 9.67. The highest BCUT2D eigenvalue weighted by molar-refractivity contribution is 5.99. The molecular weight excluding hydrogens is 436 g/mol. The molecule has 1 aliphatic carbocycles. The third-order valence-electron chi connectivity index (χ3n) is 5.89. The molecule has 1 aliphatic rings. The standard InChI is InChI=1S/C26H22N2O6/c1-3-15-7-5-9-17(11-15)27-23(29)19-13-20(22(26(33)34)14-21(19)25(31)32)24(30)28-18-10-6-8-16(4-2)12-18/h1-2,5-12,19-22H,13-14H2,(H,27,29)(H,28,30)(H,31,32)(H,33,34). The number of nitrogens with one attached hydrogen (secondary N) is 2. The third-order valence-corrected chi connectivity index (χ3v) is 5.89. The minimum absolute atomic E-state index is 0.255. The van der Waals surface area contributed by atoms with Crippen LogP contribution in [0.15, 0.2) is 48.5 Å². The van der Waals surface area contributed by atoms with E-state index in [1.54, 1.807) is 48.5 Å². The van der Waals surface area contributed by atoms with Crippen LogP contribution in [0.4, 0.5) is 11.4 Å². The fraction of sp³-hybridized carbons (Fsp3) is 0.231. The number of carbonyl (C=O) groups is 4. The van der Waals surface area contributed by atoms with Crippen LogP contribution in [0.2, 0.25) is 0 Å². The van der Waals surface area contributed by atoms with Crippen molar-refractivity contribution in [3.05, 3.63) is 59.7 Å². The second kappa shape index (κ2) is 10.4. The van der Waals surface area contributed by atoms with E-state index in [1.165, 1.54) is 0 Å². The van der Waals surface area contributed by atoms with Gasteiger partial charge in [-0.15, -0.1) is 12.8 Å². The molecule has 1 fully saturated rings. The summed E-state index contributed by atoms with van der Waals surface area (Å²) in [6.45, 7) is 0. The van der Waals surface area contributed by atoms with Crippen molar-refractivity contribution in [2.45, 2.75) is 12.8 Å². The van der Waals surface area contributed by atoms with E-state index in [0.29, 0.717) is 22.5 Å². The van der Waals surface area contributed by atoms with Crippen molar-refractivity contribution in [1.82, 2.24) is 0 Å². The highest BCUT2D eigenvalue weighted by Gasteiger charge is 2.49. The van der Waals surface area contributed by atoms with Gasteiger partial charge in [0.05, 0.1) is 23.7 Å². The van der Waals surface area contributed by atoms with Gasteiger partial charge in [0, 0.05) is 22.5 Å². The maximum absolute atomic E-state index is 13.0. The Balaban J connectivity index is 1.86. The van der Waals surface area contributed by atoms with Crippen LogP contribution in [-0.4, -0.2) is 34.0 Å². The van der Waals surface area contributed by atoms with E-state index in [-0.39, 0.29) is 12.8 Å². The van der Waals surface area contributed by atoms with Gasteiger partial charge in [-0.25, -0.2) is 0 Å². The molecule has 0 bridgehead atoms. The molecule has 0 saturated heterocycles. The van der Waals surface area contributed by atoms with E-state index in [0.717, 1.165) is 0 Å². The second-order valence-corrected chi connectivity index (χ2v) is 8.00. The minimum atomic E-state index is -1.30. The first kappa shape index (κ1) is 24.1. The lowest BCUT2D eigenvalue weighted by Crippen LogP contribution is -2.47. The molecule has 8 heteroatoms. The fourth-order valence-electron chi connectivity index (χ4n) is 4.17. The van der Waals surface area contributed by atoms with Gasteiger partial charge in [0.15, 0.2) is 0 Å². The Labute approximate surface area is 196 Å². The molecule has 8 nitrogen and oxygen atoms in total. The van der Waals surface area contributed by atoms with Crippen molar-refractivity contribution in [3.63, 3.8) is 0 Å². The number of hydrogen-bond acceptors (Lipinski definition) is 4. The number of carboxylic acids is 2. The van der Waals surface area contributed by atoms with Crippen molar-refractivity contribution in [2.75, 3.05) is 10.6 Å². The van der Waals surface area contributed by atoms with E-state index in [2.05, 4.69) is 22.5 Å². The third kappa shape index (κ3) is 5.43. The van der Waals surface area contributed by atoms with Crippen LogP contribution in [0.1, 0.15) is 24.0 Å². The second-order valence-electron chi connectivity index (χ2n) is 8.00. The van der Waals surface area contributed by atoms with Crippen LogP contribution in [-0.2, 0) is 19.2 Å². The summed E-state index contributed by atoms with van der Waals surface area (Å²) < 4.78 is 0. The van der Waals surface area contributed by atoms with Gasteiger partial charge in [-0.05, 0) is 49.2 Å². The average molecular weight is 458 g/mol. The van der Waals surface area contributed by atoms with Crippen molar-refractivity contribution in [1.29, 1.82) is 0 Å². The van der Waals surface area contributed by atoms with E-state index >= 15 is 0 Å². The van der Waals surface area contributed by atoms with Crippen LogP contribution in [0.25, 0.3) is 0 Å². The Morgan fingerprint density at radius 3 is 1.44 bits per heavy atom. The number of anilines is 2. The monoisotopic (exact) mass is 458 g/mol. The van der Waals surface area contributed by atoms with Gasteiger partial charge in [0.2, 0.25) is 11.8 Å². The van der Waals surface area contributed by atoms with Crippen molar-refractivity contribution in [3.8, 4) is 24.7 Å². The van der Waals surface area contributed by atoms with Crippen LogP contribution < -0.4 is 10.6 Å². The molecule has 3 rings (SSSR count). The van der Waals surface area contributed by atoms with Gasteiger partial charge < -0.3 is 20.8 Å².